The predicted molar refractivity (Wildman–Crippen MR) is 214 cm³/mol. The molecule has 0 radical (unpaired) electrons. The first-order chi connectivity index (χ1) is 27.5. The minimum Gasteiger partial charge on any atom is -0.489 e. The van der Waals surface area contributed by atoms with Crippen molar-refractivity contribution >= 4 is 55.8 Å². The van der Waals surface area contributed by atoms with Crippen LogP contribution in [0.25, 0.3) is 27.8 Å². The van der Waals surface area contributed by atoms with E-state index in [4.69, 9.17) is 4.74 Å². The highest BCUT2D eigenvalue weighted by molar-refractivity contribution is 7.89. The van der Waals surface area contributed by atoms with E-state index >= 15 is 0 Å². The Balaban J connectivity index is 0.839. The Morgan fingerprint density at radius 3 is 2.58 bits per heavy atom. The van der Waals surface area contributed by atoms with E-state index in [2.05, 4.69) is 40.5 Å². The van der Waals surface area contributed by atoms with Crippen LogP contribution in [0.4, 0.5) is 17.3 Å². The van der Waals surface area contributed by atoms with Gasteiger partial charge in [0.2, 0.25) is 27.8 Å². The van der Waals surface area contributed by atoms with Gasteiger partial charge in [-0.05, 0) is 99.9 Å². The van der Waals surface area contributed by atoms with E-state index in [1.165, 1.54) is 4.57 Å². The molecule has 2 aliphatic rings. The Kier molecular flexibility index (Phi) is 10.3. The van der Waals surface area contributed by atoms with Crippen molar-refractivity contribution in [2.75, 3.05) is 36.5 Å². The molecule has 0 spiro atoms. The second kappa shape index (κ2) is 15.5. The molecule has 6 heterocycles. The Bertz CT molecular complexity index is 2640. The number of hydrogen-bond donors (Lipinski definition) is 4. The maximum absolute atomic E-state index is 13.3. The summed E-state index contributed by atoms with van der Waals surface area (Å²) in [5, 5.41) is 17.0. The maximum atomic E-state index is 13.3. The van der Waals surface area contributed by atoms with Crippen LogP contribution in [-0.4, -0.2) is 80.4 Å². The normalized spacial score (nSPS) is 16.8. The molecule has 298 valence electrons. The van der Waals surface area contributed by atoms with Gasteiger partial charge in [0.1, 0.15) is 6.04 Å². The van der Waals surface area contributed by atoms with Gasteiger partial charge in [-0.3, -0.25) is 29.1 Å². The summed E-state index contributed by atoms with van der Waals surface area (Å²) in [7, 11) is -2.02. The molecule has 0 aliphatic carbocycles. The van der Waals surface area contributed by atoms with Crippen LogP contribution in [0.2, 0.25) is 0 Å². The highest BCUT2D eigenvalue weighted by atomic mass is 32.2. The summed E-state index contributed by atoms with van der Waals surface area (Å²) in [6.07, 6.45) is 9.35. The first kappa shape index (κ1) is 37.9. The van der Waals surface area contributed by atoms with E-state index in [1.54, 1.807) is 52.9 Å². The second-order valence-electron chi connectivity index (χ2n) is 14.6. The Hall–Kier alpha value is -6.01. The molecule has 2 aromatic carbocycles. The number of aromatic amines is 1. The summed E-state index contributed by atoms with van der Waals surface area (Å²) in [5.41, 5.74) is 5.77. The Morgan fingerprint density at radius 2 is 1.84 bits per heavy atom. The lowest BCUT2D eigenvalue weighted by molar-refractivity contribution is -0.135. The molecule has 2 fully saturated rings. The number of anilines is 3. The number of ether oxygens (including phenoxy) is 1. The number of pyridine rings is 1. The third-order valence-corrected chi connectivity index (χ3v) is 12.4. The zero-order valence-corrected chi connectivity index (χ0v) is 32.8. The van der Waals surface area contributed by atoms with Crippen LogP contribution in [0.15, 0.2) is 70.7 Å². The number of piperidine rings is 2. The number of aromatic nitrogens is 7. The van der Waals surface area contributed by atoms with Crippen molar-refractivity contribution in [3.63, 3.8) is 0 Å². The van der Waals surface area contributed by atoms with Gasteiger partial charge in [0.25, 0.3) is 0 Å². The van der Waals surface area contributed by atoms with Crippen LogP contribution < -0.4 is 30.7 Å². The number of hydrogen-bond acceptors (Lipinski definition) is 11. The fourth-order valence-corrected chi connectivity index (χ4v) is 9.05. The average Bonchev–Trinajstić information content (AvgIpc) is 3.94. The lowest BCUT2D eigenvalue weighted by Crippen LogP contribution is -2.44. The first-order valence-corrected chi connectivity index (χ1v) is 20.7. The molecule has 18 heteroatoms. The number of H-pyrrole nitrogens is 1. The Morgan fingerprint density at radius 1 is 1.02 bits per heavy atom. The summed E-state index contributed by atoms with van der Waals surface area (Å²) in [4.78, 5) is 44.6. The molecule has 4 aromatic heterocycles. The van der Waals surface area contributed by atoms with Crippen molar-refractivity contribution in [3.8, 4) is 16.9 Å². The van der Waals surface area contributed by atoms with Crippen LogP contribution in [0, 0.1) is 12.8 Å². The number of imide groups is 1. The number of sulfonamides is 1. The molecule has 0 bridgehead atoms. The van der Waals surface area contributed by atoms with E-state index in [0.29, 0.717) is 54.0 Å². The van der Waals surface area contributed by atoms with Crippen molar-refractivity contribution in [2.45, 2.75) is 63.3 Å². The molecule has 1 unspecified atom stereocenters. The minimum absolute atomic E-state index is 0.187. The van der Waals surface area contributed by atoms with Crippen LogP contribution >= 0.6 is 0 Å². The highest BCUT2D eigenvalue weighted by Crippen LogP contribution is 2.34. The van der Waals surface area contributed by atoms with Crippen molar-refractivity contribution in [1.29, 1.82) is 0 Å². The molecular formula is C39H45N11O6S. The zero-order chi connectivity index (χ0) is 39.8. The number of amides is 2. The molecule has 2 amide bonds. The lowest BCUT2D eigenvalue weighted by Gasteiger charge is -2.33. The van der Waals surface area contributed by atoms with Crippen LogP contribution in [0.5, 0.6) is 5.75 Å². The predicted octanol–water partition coefficient (Wildman–Crippen LogP) is 4.18. The fourth-order valence-electron chi connectivity index (χ4n) is 7.89. The van der Waals surface area contributed by atoms with E-state index < -0.39 is 22.0 Å². The zero-order valence-electron chi connectivity index (χ0n) is 32.0. The first-order valence-electron chi connectivity index (χ1n) is 19.2. The molecular weight excluding hydrogens is 751 g/mol. The van der Waals surface area contributed by atoms with E-state index in [9.17, 15) is 22.8 Å². The van der Waals surface area contributed by atoms with Crippen molar-refractivity contribution in [3.05, 3.63) is 77.1 Å². The van der Waals surface area contributed by atoms with Gasteiger partial charge in [-0.25, -0.2) is 22.4 Å². The van der Waals surface area contributed by atoms with E-state index in [1.807, 2.05) is 38.1 Å². The number of imidazole rings is 1. The molecule has 17 nitrogen and oxygen atoms in total. The summed E-state index contributed by atoms with van der Waals surface area (Å²) >= 11 is 0. The van der Waals surface area contributed by atoms with Gasteiger partial charge in [-0.1, -0.05) is 0 Å². The van der Waals surface area contributed by atoms with Gasteiger partial charge >= 0.3 is 5.69 Å². The monoisotopic (exact) mass is 795 g/mol. The summed E-state index contributed by atoms with van der Waals surface area (Å²) in [6.45, 7) is 6.21. The molecule has 4 N–H and O–H groups in total. The van der Waals surface area contributed by atoms with Gasteiger partial charge < -0.3 is 15.0 Å². The van der Waals surface area contributed by atoms with Gasteiger partial charge in [0.05, 0.1) is 28.7 Å². The maximum Gasteiger partial charge on any atom is 0.329 e. The molecule has 57 heavy (non-hydrogen) atoms. The largest absolute Gasteiger partial charge is 0.489 e. The SMILES string of the molecule is CCOc1c(-c2cn[nH]c2)ccn2nc(Nc3ccc(S(=O)(=O)NCCCC4CCN(c5ccc6c(c5)n(C)c(=O)n6C5CCC(=O)NC5=O)CC4)cc3C)nc12. The third-order valence-electron chi connectivity index (χ3n) is 11.0. The third kappa shape index (κ3) is 7.49. The van der Waals surface area contributed by atoms with Gasteiger partial charge in [-0.15, -0.1) is 5.10 Å². The number of carbonyl (C=O) groups excluding carboxylic acids is 2. The van der Waals surface area contributed by atoms with E-state index in [0.717, 1.165) is 66.7 Å². The van der Waals surface area contributed by atoms with Crippen molar-refractivity contribution in [2.24, 2.45) is 13.0 Å². The number of aryl methyl sites for hydroxylation is 2. The molecule has 2 saturated heterocycles. The standard InChI is InChI=1S/C39H45N11O6S/c1-4-56-35-29(26-22-40-41-23-26)15-19-49-36(35)45-38(46-49)43-30-9-8-28(20-24(30)2)57(54,55)42-16-5-6-25-13-17-48(18-14-25)27-7-10-31-33(21-27)47(3)39(53)50(31)32-11-12-34(51)44-37(32)52/h7-10,15,19-23,25,32,42H,4-6,11-14,16-18H2,1-3H3,(H,40,41)(H,43,46)(H,44,51,52). The van der Waals surface area contributed by atoms with Gasteiger partial charge in [0, 0.05) is 68.0 Å². The van der Waals surface area contributed by atoms with Gasteiger partial charge in [-0.2, -0.15) is 10.1 Å². The topological polar surface area (TPSA) is 203 Å². The quantitative estimate of drug-likeness (QED) is 0.0965. The lowest BCUT2D eigenvalue weighted by atomic mass is 9.92. The Labute approximate surface area is 328 Å². The number of benzene rings is 2. The smallest absolute Gasteiger partial charge is 0.329 e. The molecule has 1 atom stereocenters. The number of carbonyl (C=O) groups is 2. The number of fused-ring (bicyclic) bond motifs is 2. The number of nitrogens with one attached hydrogen (secondary N) is 4. The molecule has 2 aliphatic heterocycles. The van der Waals surface area contributed by atoms with Crippen LogP contribution in [-0.2, 0) is 26.7 Å². The average molecular weight is 796 g/mol. The minimum atomic E-state index is -3.72. The van der Waals surface area contributed by atoms with Gasteiger partial charge in [0.15, 0.2) is 11.4 Å². The number of nitrogens with zero attached hydrogens (tertiary/aromatic N) is 7. The molecule has 8 rings (SSSR count). The summed E-state index contributed by atoms with van der Waals surface area (Å²) in [6, 6.07) is 12.0. The molecule has 6 aromatic rings. The van der Waals surface area contributed by atoms with Crippen LogP contribution in [0.3, 0.4) is 0 Å². The summed E-state index contributed by atoms with van der Waals surface area (Å²) in [5.74, 6) is 0.630. The summed E-state index contributed by atoms with van der Waals surface area (Å²) < 4.78 is 40.0. The van der Waals surface area contributed by atoms with Crippen LogP contribution in [0.1, 0.15) is 57.1 Å². The second-order valence-corrected chi connectivity index (χ2v) is 16.4. The van der Waals surface area contributed by atoms with E-state index in [-0.39, 0.29) is 22.9 Å². The fraction of sp³-hybridized carbons (Fsp3) is 0.385. The number of rotatable bonds is 13. The molecule has 0 saturated carbocycles. The van der Waals surface area contributed by atoms with Crippen molar-refractivity contribution < 1.29 is 22.7 Å². The highest BCUT2D eigenvalue weighted by Gasteiger charge is 2.31. The van der Waals surface area contributed by atoms with Crippen molar-refractivity contribution in [1.82, 2.24) is 44.0 Å².